The highest BCUT2D eigenvalue weighted by atomic mass is 16.6. The Balaban J connectivity index is 2.58. The van der Waals surface area contributed by atoms with Crippen LogP contribution in [0.15, 0.2) is 0 Å². The molecule has 14 heavy (non-hydrogen) atoms. The first-order valence-corrected chi connectivity index (χ1v) is 5.44. The van der Waals surface area contributed by atoms with E-state index in [0.717, 1.165) is 6.42 Å². The van der Waals surface area contributed by atoms with Crippen molar-refractivity contribution in [3.8, 4) is 0 Å². The fourth-order valence-electron chi connectivity index (χ4n) is 2.20. The average molecular weight is 199 g/mol. The second kappa shape index (κ2) is 4.67. The van der Waals surface area contributed by atoms with Crippen LogP contribution < -0.4 is 5.32 Å². The van der Waals surface area contributed by atoms with Crippen LogP contribution in [-0.4, -0.2) is 19.2 Å². The van der Waals surface area contributed by atoms with Gasteiger partial charge in [0, 0.05) is 7.05 Å². The molecular weight excluding hydrogens is 178 g/mol. The van der Waals surface area contributed by atoms with Crippen LogP contribution in [0.3, 0.4) is 0 Å². The van der Waals surface area contributed by atoms with Crippen molar-refractivity contribution in [3.05, 3.63) is 0 Å². The summed E-state index contributed by atoms with van der Waals surface area (Å²) in [5, 5.41) is 2.51. The van der Waals surface area contributed by atoms with E-state index < -0.39 is 0 Å². The van der Waals surface area contributed by atoms with Crippen molar-refractivity contribution in [2.24, 2.45) is 17.8 Å². The monoisotopic (exact) mass is 199 g/mol. The van der Waals surface area contributed by atoms with E-state index in [4.69, 9.17) is 4.74 Å². The van der Waals surface area contributed by atoms with Gasteiger partial charge in [-0.15, -0.1) is 0 Å². The molecule has 0 aromatic rings. The first-order valence-electron chi connectivity index (χ1n) is 5.44. The van der Waals surface area contributed by atoms with Crippen molar-refractivity contribution in [2.45, 2.75) is 39.7 Å². The van der Waals surface area contributed by atoms with Crippen LogP contribution in [0.1, 0.15) is 33.6 Å². The average Bonchev–Trinajstić information content (AvgIpc) is 2.18. The summed E-state index contributed by atoms with van der Waals surface area (Å²) < 4.78 is 5.39. The third-order valence-electron chi connectivity index (χ3n) is 3.50. The quantitative estimate of drug-likeness (QED) is 0.704. The van der Waals surface area contributed by atoms with E-state index in [1.165, 1.54) is 6.42 Å². The molecule has 0 aliphatic heterocycles. The Kier molecular flexibility index (Phi) is 3.78. The maximum absolute atomic E-state index is 11.1. The van der Waals surface area contributed by atoms with Crippen LogP contribution in [0.2, 0.25) is 0 Å². The summed E-state index contributed by atoms with van der Waals surface area (Å²) in [6.45, 7) is 6.57. The van der Waals surface area contributed by atoms with E-state index >= 15 is 0 Å². The first-order chi connectivity index (χ1) is 6.56. The molecule has 0 spiro atoms. The van der Waals surface area contributed by atoms with E-state index in [-0.39, 0.29) is 12.2 Å². The molecule has 0 heterocycles. The summed E-state index contributed by atoms with van der Waals surface area (Å²) >= 11 is 0. The Morgan fingerprint density at radius 2 is 1.79 bits per heavy atom. The summed E-state index contributed by atoms with van der Waals surface area (Å²) in [5.74, 6) is 1.61. The van der Waals surface area contributed by atoms with Gasteiger partial charge in [0.05, 0.1) is 0 Å². The Morgan fingerprint density at radius 1 is 1.21 bits per heavy atom. The third-order valence-corrected chi connectivity index (χ3v) is 3.50. The minimum atomic E-state index is -0.303. The summed E-state index contributed by atoms with van der Waals surface area (Å²) in [7, 11) is 1.60. The number of carbonyl (C=O) groups is 1. The van der Waals surface area contributed by atoms with E-state index in [1.807, 2.05) is 0 Å². The number of nitrogens with one attached hydrogen (secondary N) is 1. The topological polar surface area (TPSA) is 38.3 Å². The second-order valence-corrected chi connectivity index (χ2v) is 4.51. The third kappa shape index (κ3) is 2.40. The molecule has 0 bridgehead atoms. The minimum Gasteiger partial charge on any atom is -0.446 e. The summed E-state index contributed by atoms with van der Waals surface area (Å²) in [5.41, 5.74) is 0. The van der Waals surface area contributed by atoms with Gasteiger partial charge in [-0.1, -0.05) is 20.8 Å². The van der Waals surface area contributed by atoms with E-state index in [2.05, 4.69) is 26.1 Å². The van der Waals surface area contributed by atoms with Crippen molar-refractivity contribution >= 4 is 6.09 Å². The van der Waals surface area contributed by atoms with E-state index in [0.29, 0.717) is 17.8 Å². The molecule has 1 N–H and O–H groups in total. The SMILES string of the molecule is CNC(=O)OC1C(C)CCC(C)C1C. The van der Waals surface area contributed by atoms with Gasteiger partial charge in [-0.2, -0.15) is 0 Å². The molecule has 1 saturated carbocycles. The smallest absolute Gasteiger partial charge is 0.407 e. The lowest BCUT2D eigenvalue weighted by atomic mass is 9.74. The molecule has 1 rings (SSSR count). The fraction of sp³-hybridized carbons (Fsp3) is 0.909. The molecule has 1 amide bonds. The molecule has 3 heteroatoms. The zero-order chi connectivity index (χ0) is 10.7. The van der Waals surface area contributed by atoms with Crippen LogP contribution >= 0.6 is 0 Å². The zero-order valence-corrected chi connectivity index (χ0v) is 9.54. The van der Waals surface area contributed by atoms with Crippen LogP contribution in [0.25, 0.3) is 0 Å². The predicted octanol–water partition coefficient (Wildman–Crippen LogP) is 2.41. The predicted molar refractivity (Wildman–Crippen MR) is 56.1 cm³/mol. The van der Waals surface area contributed by atoms with Crippen molar-refractivity contribution < 1.29 is 9.53 Å². The van der Waals surface area contributed by atoms with Gasteiger partial charge >= 0.3 is 6.09 Å². The van der Waals surface area contributed by atoms with Gasteiger partial charge in [-0.25, -0.2) is 4.79 Å². The summed E-state index contributed by atoms with van der Waals surface area (Å²) in [4.78, 5) is 11.1. The van der Waals surface area contributed by atoms with Gasteiger partial charge in [0.15, 0.2) is 0 Å². The van der Waals surface area contributed by atoms with Gasteiger partial charge in [-0.3, -0.25) is 0 Å². The molecule has 1 aliphatic rings. The number of hydrogen-bond acceptors (Lipinski definition) is 2. The van der Waals surface area contributed by atoms with Gasteiger partial charge in [0.1, 0.15) is 6.10 Å². The molecule has 0 saturated heterocycles. The van der Waals surface area contributed by atoms with E-state index in [1.54, 1.807) is 7.05 Å². The number of ether oxygens (including phenoxy) is 1. The molecule has 4 unspecified atom stereocenters. The Bertz CT molecular complexity index is 205. The van der Waals surface area contributed by atoms with Crippen LogP contribution in [0.4, 0.5) is 4.79 Å². The lowest BCUT2D eigenvalue weighted by molar-refractivity contribution is -0.0104. The highest BCUT2D eigenvalue weighted by Crippen LogP contribution is 2.35. The second-order valence-electron chi connectivity index (χ2n) is 4.51. The van der Waals surface area contributed by atoms with E-state index in [9.17, 15) is 4.79 Å². The number of rotatable bonds is 1. The van der Waals surface area contributed by atoms with Gasteiger partial charge in [-0.05, 0) is 30.6 Å². The highest BCUT2D eigenvalue weighted by molar-refractivity contribution is 5.66. The standard InChI is InChI=1S/C11H21NO2/c1-7-5-6-8(2)10(9(7)3)14-11(13)12-4/h7-10H,5-6H2,1-4H3,(H,12,13). The van der Waals surface area contributed by atoms with Crippen LogP contribution in [0, 0.1) is 17.8 Å². The Labute approximate surface area is 86.2 Å². The van der Waals surface area contributed by atoms with Gasteiger partial charge < -0.3 is 10.1 Å². The van der Waals surface area contributed by atoms with Crippen molar-refractivity contribution in [1.82, 2.24) is 5.32 Å². The Morgan fingerprint density at radius 3 is 2.36 bits per heavy atom. The molecule has 1 fully saturated rings. The number of carbonyl (C=O) groups excluding carboxylic acids is 1. The lowest BCUT2D eigenvalue weighted by Gasteiger charge is -2.37. The molecule has 4 atom stereocenters. The maximum Gasteiger partial charge on any atom is 0.407 e. The molecule has 1 aliphatic carbocycles. The lowest BCUT2D eigenvalue weighted by Crippen LogP contribution is -2.40. The zero-order valence-electron chi connectivity index (χ0n) is 9.54. The number of hydrogen-bond donors (Lipinski definition) is 1. The normalized spacial score (nSPS) is 37.7. The molecule has 0 radical (unpaired) electrons. The minimum absolute atomic E-state index is 0.0821. The first kappa shape index (κ1) is 11.3. The highest BCUT2D eigenvalue weighted by Gasteiger charge is 2.34. The van der Waals surface area contributed by atoms with Crippen molar-refractivity contribution in [2.75, 3.05) is 7.05 Å². The van der Waals surface area contributed by atoms with Crippen molar-refractivity contribution in [1.29, 1.82) is 0 Å². The maximum atomic E-state index is 11.1. The molecule has 3 nitrogen and oxygen atoms in total. The van der Waals surface area contributed by atoms with Gasteiger partial charge in [0.2, 0.25) is 0 Å². The summed E-state index contributed by atoms with van der Waals surface area (Å²) in [6, 6.07) is 0. The number of alkyl carbamates (subject to hydrolysis) is 1. The number of amides is 1. The van der Waals surface area contributed by atoms with Crippen molar-refractivity contribution in [3.63, 3.8) is 0 Å². The van der Waals surface area contributed by atoms with Gasteiger partial charge in [0.25, 0.3) is 0 Å². The molecule has 82 valence electrons. The Hall–Kier alpha value is -0.730. The summed E-state index contributed by atoms with van der Waals surface area (Å²) in [6.07, 6.45) is 2.19. The van der Waals surface area contributed by atoms with Crippen LogP contribution in [-0.2, 0) is 4.74 Å². The molecule has 0 aromatic heterocycles. The molecular formula is C11H21NO2. The largest absolute Gasteiger partial charge is 0.446 e. The molecule has 0 aromatic carbocycles. The van der Waals surface area contributed by atoms with Crippen LogP contribution in [0.5, 0.6) is 0 Å². The fourth-order valence-corrected chi connectivity index (χ4v) is 2.20.